The summed E-state index contributed by atoms with van der Waals surface area (Å²) in [5, 5.41) is 2.86. The number of amides is 2. The summed E-state index contributed by atoms with van der Waals surface area (Å²) in [5.74, 6) is -0.807. The number of ether oxygens (including phenoxy) is 2. The van der Waals surface area contributed by atoms with Crippen LogP contribution in [0.4, 0.5) is 4.79 Å². The lowest BCUT2D eigenvalue weighted by molar-refractivity contribution is -0.157. The van der Waals surface area contributed by atoms with Gasteiger partial charge in [-0.25, -0.2) is 4.79 Å². The molecule has 2 amide bonds. The zero-order valence-corrected chi connectivity index (χ0v) is 18.0. The first kappa shape index (κ1) is 23.2. The molecule has 0 spiro atoms. The molecule has 0 bridgehead atoms. The molecule has 0 aliphatic carbocycles. The number of hydrogen-bond acceptors (Lipinski definition) is 5. The van der Waals surface area contributed by atoms with Crippen LogP contribution in [0.1, 0.15) is 81.1 Å². The highest BCUT2D eigenvalue weighted by Gasteiger charge is 2.59. The molecule has 1 aliphatic rings. The minimum Gasteiger partial charge on any atom is -0.450 e. The van der Waals surface area contributed by atoms with Crippen molar-refractivity contribution in [3.05, 3.63) is 0 Å². The molecule has 156 valence electrons. The fourth-order valence-corrected chi connectivity index (χ4v) is 2.90. The van der Waals surface area contributed by atoms with Crippen LogP contribution < -0.4 is 5.32 Å². The number of unbranched alkanes of at least 4 members (excludes halogenated alkanes) is 1. The Labute approximate surface area is 163 Å². The van der Waals surface area contributed by atoms with Crippen molar-refractivity contribution in [3.8, 4) is 0 Å². The van der Waals surface area contributed by atoms with Crippen LogP contribution in [0.25, 0.3) is 0 Å². The van der Waals surface area contributed by atoms with E-state index in [2.05, 4.69) is 5.32 Å². The van der Waals surface area contributed by atoms with Gasteiger partial charge < -0.3 is 14.8 Å². The van der Waals surface area contributed by atoms with Gasteiger partial charge in [-0.3, -0.25) is 14.5 Å². The van der Waals surface area contributed by atoms with E-state index >= 15 is 0 Å². The van der Waals surface area contributed by atoms with E-state index < -0.39 is 35.3 Å². The predicted octanol–water partition coefficient (Wildman–Crippen LogP) is 3.40. The van der Waals surface area contributed by atoms with Crippen LogP contribution in [0.15, 0.2) is 0 Å². The summed E-state index contributed by atoms with van der Waals surface area (Å²) in [6, 6.07) is -0.688. The minimum atomic E-state index is -1.04. The van der Waals surface area contributed by atoms with Gasteiger partial charge in [0.1, 0.15) is 11.6 Å². The Morgan fingerprint density at radius 2 is 1.67 bits per heavy atom. The fraction of sp³-hybridized carbons (Fsp3) is 0.850. The Morgan fingerprint density at radius 3 is 2.11 bits per heavy atom. The van der Waals surface area contributed by atoms with Gasteiger partial charge in [0.2, 0.25) is 6.10 Å². The van der Waals surface area contributed by atoms with Crippen LogP contribution in [-0.2, 0) is 19.1 Å². The van der Waals surface area contributed by atoms with Crippen molar-refractivity contribution in [2.45, 2.75) is 110 Å². The number of nitrogens with one attached hydrogen (secondary N) is 1. The van der Waals surface area contributed by atoms with Gasteiger partial charge in [-0.15, -0.1) is 0 Å². The van der Waals surface area contributed by atoms with E-state index in [1.807, 2.05) is 34.6 Å². The average molecular weight is 385 g/mol. The summed E-state index contributed by atoms with van der Waals surface area (Å²) in [4.78, 5) is 39.0. The summed E-state index contributed by atoms with van der Waals surface area (Å²) in [6.07, 6.45) is 0.938. The van der Waals surface area contributed by atoms with Gasteiger partial charge >= 0.3 is 12.1 Å². The average Bonchev–Trinajstić information content (AvgIpc) is 3.21. The number of hydrogen-bond donors (Lipinski definition) is 1. The van der Waals surface area contributed by atoms with E-state index in [9.17, 15) is 14.4 Å². The van der Waals surface area contributed by atoms with Crippen molar-refractivity contribution in [1.29, 1.82) is 0 Å². The van der Waals surface area contributed by atoms with Crippen molar-refractivity contribution in [2.24, 2.45) is 0 Å². The normalized spacial score (nSPS) is 20.7. The molecular weight excluding hydrogens is 348 g/mol. The SMILES string of the molecule is CCCCC(=O)O[C@H](C(=O)NC(C)(C)C)[C@@H]1[C@@H](CC)N1C(=O)OC(C)(C)C. The van der Waals surface area contributed by atoms with Crippen LogP contribution in [0.5, 0.6) is 0 Å². The molecule has 0 radical (unpaired) electrons. The molecule has 0 saturated carbocycles. The van der Waals surface area contributed by atoms with Crippen molar-refractivity contribution in [3.63, 3.8) is 0 Å². The first-order valence-electron chi connectivity index (χ1n) is 9.83. The molecule has 7 heteroatoms. The summed E-state index contributed by atoms with van der Waals surface area (Å²) >= 11 is 0. The Bertz CT molecular complexity index is 548. The Kier molecular flexibility index (Phi) is 7.69. The second-order valence-electron chi connectivity index (χ2n) is 9.11. The zero-order valence-electron chi connectivity index (χ0n) is 18.0. The Hall–Kier alpha value is -1.79. The molecule has 1 saturated heterocycles. The van der Waals surface area contributed by atoms with E-state index in [1.54, 1.807) is 20.8 Å². The largest absolute Gasteiger partial charge is 0.450 e. The number of esters is 1. The molecular formula is C20H36N2O5. The van der Waals surface area contributed by atoms with Gasteiger partial charge in [-0.05, 0) is 54.4 Å². The topological polar surface area (TPSA) is 84.7 Å². The molecule has 1 aliphatic heterocycles. The lowest BCUT2D eigenvalue weighted by atomic mass is 10.1. The van der Waals surface area contributed by atoms with E-state index in [0.717, 1.165) is 6.42 Å². The third-order valence-electron chi connectivity index (χ3n) is 4.07. The molecule has 7 nitrogen and oxygen atoms in total. The van der Waals surface area contributed by atoms with E-state index in [0.29, 0.717) is 12.8 Å². The van der Waals surface area contributed by atoms with Crippen molar-refractivity contribution >= 4 is 18.0 Å². The van der Waals surface area contributed by atoms with Crippen LogP contribution in [0.3, 0.4) is 0 Å². The monoisotopic (exact) mass is 384 g/mol. The predicted molar refractivity (Wildman–Crippen MR) is 103 cm³/mol. The smallest absolute Gasteiger partial charge is 0.411 e. The molecule has 1 fully saturated rings. The number of nitrogens with zero attached hydrogens (tertiary/aromatic N) is 1. The van der Waals surface area contributed by atoms with Crippen LogP contribution in [0, 0.1) is 0 Å². The fourth-order valence-electron chi connectivity index (χ4n) is 2.90. The Morgan fingerprint density at radius 1 is 1.07 bits per heavy atom. The standard InChI is InChI=1S/C20H36N2O5/c1-9-11-12-14(23)26-16(17(24)21-19(3,4)5)15-13(10-2)22(15)18(25)27-20(6,7)8/h13,15-16H,9-12H2,1-8H3,(H,21,24)/t13-,15+,16+,22?/m1/s1. The second-order valence-corrected chi connectivity index (χ2v) is 9.11. The molecule has 27 heavy (non-hydrogen) atoms. The van der Waals surface area contributed by atoms with Gasteiger partial charge in [-0.1, -0.05) is 20.3 Å². The maximum absolute atomic E-state index is 12.8. The summed E-state index contributed by atoms with van der Waals surface area (Å²) in [5.41, 5.74) is -1.11. The second kappa shape index (κ2) is 8.93. The molecule has 0 aromatic carbocycles. The lowest BCUT2D eigenvalue weighted by Crippen LogP contribution is -2.50. The Balaban J connectivity index is 2.97. The van der Waals surface area contributed by atoms with Gasteiger partial charge in [-0.2, -0.15) is 0 Å². The highest BCUT2D eigenvalue weighted by atomic mass is 16.6. The first-order valence-corrected chi connectivity index (χ1v) is 9.83. The van der Waals surface area contributed by atoms with Gasteiger partial charge in [0, 0.05) is 12.0 Å². The zero-order chi connectivity index (χ0) is 21.0. The molecule has 0 aromatic rings. The molecule has 1 rings (SSSR count). The van der Waals surface area contributed by atoms with Crippen LogP contribution >= 0.6 is 0 Å². The van der Waals surface area contributed by atoms with Gasteiger partial charge in [0.25, 0.3) is 5.91 Å². The number of carbonyl (C=O) groups is 3. The third kappa shape index (κ3) is 7.39. The summed E-state index contributed by atoms with van der Waals surface area (Å²) in [6.45, 7) is 14.9. The molecule has 1 heterocycles. The highest BCUT2D eigenvalue weighted by molar-refractivity contribution is 5.87. The maximum Gasteiger partial charge on any atom is 0.411 e. The minimum absolute atomic E-state index is 0.186. The van der Waals surface area contributed by atoms with E-state index in [1.165, 1.54) is 4.90 Å². The third-order valence-corrected chi connectivity index (χ3v) is 4.07. The van der Waals surface area contributed by atoms with Crippen LogP contribution in [-0.4, -0.2) is 52.2 Å². The molecule has 1 N–H and O–H groups in total. The first-order chi connectivity index (χ1) is 12.3. The number of carbonyl (C=O) groups excluding carboxylic acids is 3. The van der Waals surface area contributed by atoms with Gasteiger partial charge in [0.15, 0.2) is 0 Å². The molecule has 0 unspecified atom stereocenters. The van der Waals surface area contributed by atoms with Gasteiger partial charge in [0.05, 0.1) is 6.04 Å². The van der Waals surface area contributed by atoms with E-state index in [-0.39, 0.29) is 18.4 Å². The maximum atomic E-state index is 12.8. The number of rotatable bonds is 7. The lowest BCUT2D eigenvalue weighted by Gasteiger charge is -2.25. The molecule has 3 atom stereocenters. The summed E-state index contributed by atoms with van der Waals surface area (Å²) in [7, 11) is 0. The quantitative estimate of drug-likeness (QED) is 0.537. The highest BCUT2D eigenvalue weighted by Crippen LogP contribution is 2.37. The van der Waals surface area contributed by atoms with Crippen molar-refractivity contribution in [1.82, 2.24) is 10.2 Å². The van der Waals surface area contributed by atoms with Crippen molar-refractivity contribution in [2.75, 3.05) is 0 Å². The van der Waals surface area contributed by atoms with Crippen molar-refractivity contribution < 1.29 is 23.9 Å². The van der Waals surface area contributed by atoms with Crippen LogP contribution in [0.2, 0.25) is 0 Å². The molecule has 0 aromatic heterocycles. The van der Waals surface area contributed by atoms with E-state index in [4.69, 9.17) is 9.47 Å². The summed E-state index contributed by atoms with van der Waals surface area (Å²) < 4.78 is 11.0.